The number of nitrogens with zero attached hydrogens (tertiary/aromatic N) is 4. The van der Waals surface area contributed by atoms with Gasteiger partial charge in [-0.2, -0.15) is 4.98 Å². The zero-order chi connectivity index (χ0) is 19.9. The Kier molecular flexibility index (Phi) is 6.54. The lowest BCUT2D eigenvalue weighted by molar-refractivity contribution is -0.132. The van der Waals surface area contributed by atoms with E-state index in [9.17, 15) is 9.18 Å². The molecule has 7 nitrogen and oxygen atoms in total. The summed E-state index contributed by atoms with van der Waals surface area (Å²) in [5.41, 5.74) is 0.881. The molecule has 2 heterocycles. The number of halogens is 1. The van der Waals surface area contributed by atoms with Crippen LogP contribution in [0.25, 0.3) is 11.6 Å². The van der Waals surface area contributed by atoms with Gasteiger partial charge in [0.25, 0.3) is 0 Å². The minimum Gasteiger partial charge on any atom is -0.461 e. The fourth-order valence-electron chi connectivity index (χ4n) is 2.66. The van der Waals surface area contributed by atoms with E-state index < -0.39 is 0 Å². The van der Waals surface area contributed by atoms with Gasteiger partial charge in [0.2, 0.25) is 17.6 Å². The molecule has 0 bridgehead atoms. The summed E-state index contributed by atoms with van der Waals surface area (Å²) in [6.45, 7) is 1.73. The summed E-state index contributed by atoms with van der Waals surface area (Å²) < 4.78 is 23.6. The first-order valence-electron chi connectivity index (χ1n) is 9.04. The van der Waals surface area contributed by atoms with Gasteiger partial charge in [0.1, 0.15) is 5.82 Å². The number of furan rings is 1. The van der Waals surface area contributed by atoms with E-state index in [1.54, 1.807) is 29.2 Å². The minimum atomic E-state index is -0.293. The number of likely N-dealkylation sites (N-methyl/N-ethyl adjacent to an activating group) is 1. The molecular formula is C20H23FN4O3. The quantitative estimate of drug-likeness (QED) is 0.563. The van der Waals surface area contributed by atoms with Crippen molar-refractivity contribution in [2.45, 2.75) is 19.4 Å². The van der Waals surface area contributed by atoms with Crippen LogP contribution in [0.1, 0.15) is 17.9 Å². The Labute approximate surface area is 162 Å². The van der Waals surface area contributed by atoms with E-state index in [1.165, 1.54) is 18.4 Å². The SMILES string of the molecule is CN(C)CCN(Cc1ccc(F)cc1)C(=O)CCc1nc(-c2ccco2)no1. The first-order valence-corrected chi connectivity index (χ1v) is 9.04. The van der Waals surface area contributed by atoms with Crippen LogP contribution in [0.5, 0.6) is 0 Å². The summed E-state index contributed by atoms with van der Waals surface area (Å²) in [6, 6.07) is 9.67. The van der Waals surface area contributed by atoms with E-state index >= 15 is 0 Å². The molecule has 0 aliphatic carbocycles. The van der Waals surface area contributed by atoms with Gasteiger partial charge in [-0.15, -0.1) is 0 Å². The fourth-order valence-corrected chi connectivity index (χ4v) is 2.66. The van der Waals surface area contributed by atoms with Gasteiger partial charge in [0.15, 0.2) is 5.76 Å². The smallest absolute Gasteiger partial charge is 0.238 e. The third-order valence-corrected chi connectivity index (χ3v) is 4.22. The first-order chi connectivity index (χ1) is 13.5. The maximum absolute atomic E-state index is 13.1. The maximum atomic E-state index is 13.1. The zero-order valence-electron chi connectivity index (χ0n) is 16.0. The molecule has 1 amide bonds. The van der Waals surface area contributed by atoms with Crippen molar-refractivity contribution in [3.63, 3.8) is 0 Å². The molecule has 8 heteroatoms. The van der Waals surface area contributed by atoms with Crippen molar-refractivity contribution in [3.8, 4) is 11.6 Å². The highest BCUT2D eigenvalue weighted by molar-refractivity contribution is 5.76. The summed E-state index contributed by atoms with van der Waals surface area (Å²) in [5.74, 6) is 0.949. The highest BCUT2D eigenvalue weighted by Crippen LogP contribution is 2.16. The van der Waals surface area contributed by atoms with Gasteiger partial charge in [-0.3, -0.25) is 4.79 Å². The van der Waals surface area contributed by atoms with Crippen molar-refractivity contribution >= 4 is 5.91 Å². The van der Waals surface area contributed by atoms with Crippen molar-refractivity contribution in [1.82, 2.24) is 19.9 Å². The van der Waals surface area contributed by atoms with E-state index in [2.05, 4.69) is 10.1 Å². The molecule has 1 aromatic carbocycles. The monoisotopic (exact) mass is 386 g/mol. The summed E-state index contributed by atoms with van der Waals surface area (Å²) in [7, 11) is 3.91. The molecule has 3 aromatic rings. The van der Waals surface area contributed by atoms with Crippen LogP contribution >= 0.6 is 0 Å². The average Bonchev–Trinajstić information content (AvgIpc) is 3.36. The molecular weight excluding hydrogens is 363 g/mol. The number of hydrogen-bond acceptors (Lipinski definition) is 6. The molecule has 2 aromatic heterocycles. The molecule has 148 valence electrons. The van der Waals surface area contributed by atoms with Crippen molar-refractivity contribution in [2.75, 3.05) is 27.2 Å². The predicted molar refractivity (Wildman–Crippen MR) is 101 cm³/mol. The highest BCUT2D eigenvalue weighted by Gasteiger charge is 2.17. The molecule has 3 rings (SSSR count). The Morgan fingerprint density at radius 1 is 1.14 bits per heavy atom. The molecule has 0 fully saturated rings. The molecule has 0 aliphatic heterocycles. The Bertz CT molecular complexity index is 875. The molecule has 0 N–H and O–H groups in total. The predicted octanol–water partition coefficient (Wildman–Crippen LogP) is 2.99. The van der Waals surface area contributed by atoms with E-state index in [0.29, 0.717) is 37.0 Å². The second-order valence-corrected chi connectivity index (χ2v) is 6.73. The number of aromatic nitrogens is 2. The lowest BCUT2D eigenvalue weighted by Gasteiger charge is -2.24. The van der Waals surface area contributed by atoms with E-state index in [0.717, 1.165) is 12.1 Å². The van der Waals surface area contributed by atoms with Gasteiger partial charge in [0.05, 0.1) is 6.26 Å². The number of carbonyl (C=O) groups excluding carboxylic acids is 1. The highest BCUT2D eigenvalue weighted by atomic mass is 19.1. The second kappa shape index (κ2) is 9.27. The Morgan fingerprint density at radius 2 is 1.93 bits per heavy atom. The van der Waals surface area contributed by atoms with Gasteiger partial charge in [-0.25, -0.2) is 4.39 Å². The molecule has 0 aliphatic rings. The van der Waals surface area contributed by atoms with Crippen LogP contribution in [0, 0.1) is 5.82 Å². The Morgan fingerprint density at radius 3 is 2.61 bits per heavy atom. The van der Waals surface area contributed by atoms with Crippen LogP contribution < -0.4 is 0 Å². The number of hydrogen-bond donors (Lipinski definition) is 0. The number of aryl methyl sites for hydroxylation is 1. The van der Waals surface area contributed by atoms with Gasteiger partial charge < -0.3 is 18.7 Å². The topological polar surface area (TPSA) is 75.6 Å². The van der Waals surface area contributed by atoms with E-state index in [4.69, 9.17) is 8.94 Å². The van der Waals surface area contributed by atoms with Crippen molar-refractivity contribution in [2.24, 2.45) is 0 Å². The number of amides is 1. The van der Waals surface area contributed by atoms with Crippen LogP contribution in [-0.4, -0.2) is 53.0 Å². The number of rotatable bonds is 9. The summed E-state index contributed by atoms with van der Waals surface area (Å²) in [4.78, 5) is 20.8. The van der Waals surface area contributed by atoms with E-state index in [-0.39, 0.29) is 18.1 Å². The zero-order valence-corrected chi connectivity index (χ0v) is 16.0. The average molecular weight is 386 g/mol. The second-order valence-electron chi connectivity index (χ2n) is 6.73. The van der Waals surface area contributed by atoms with Gasteiger partial charge in [-0.1, -0.05) is 17.3 Å². The van der Waals surface area contributed by atoms with Crippen molar-refractivity contribution in [1.29, 1.82) is 0 Å². The van der Waals surface area contributed by atoms with Crippen molar-refractivity contribution < 1.29 is 18.1 Å². The number of benzene rings is 1. The first kappa shape index (κ1) is 19.8. The molecule has 0 atom stereocenters. The Hall–Kier alpha value is -3.00. The third-order valence-electron chi connectivity index (χ3n) is 4.22. The summed E-state index contributed by atoms with van der Waals surface area (Å²) in [5, 5.41) is 3.87. The standard InChI is InChI=1S/C20H23FN4O3/c1-24(2)11-12-25(14-15-5-7-16(21)8-6-15)19(26)10-9-18-22-20(23-28-18)17-4-3-13-27-17/h3-8,13H,9-12,14H2,1-2H3. The molecule has 0 radical (unpaired) electrons. The lowest BCUT2D eigenvalue weighted by Crippen LogP contribution is -2.36. The lowest BCUT2D eigenvalue weighted by atomic mass is 10.2. The van der Waals surface area contributed by atoms with Gasteiger partial charge in [-0.05, 0) is 43.9 Å². The maximum Gasteiger partial charge on any atom is 0.238 e. The summed E-state index contributed by atoms with van der Waals surface area (Å²) in [6.07, 6.45) is 2.12. The number of carbonyl (C=O) groups is 1. The molecule has 0 spiro atoms. The van der Waals surface area contributed by atoms with Crippen LogP contribution in [0.15, 0.2) is 51.6 Å². The Balaban J connectivity index is 1.60. The van der Waals surface area contributed by atoms with Crippen LogP contribution in [0.3, 0.4) is 0 Å². The van der Waals surface area contributed by atoms with Crippen LogP contribution in [0.4, 0.5) is 4.39 Å². The molecule has 0 saturated heterocycles. The van der Waals surface area contributed by atoms with Gasteiger partial charge in [0, 0.05) is 32.5 Å². The van der Waals surface area contributed by atoms with Crippen molar-refractivity contribution in [3.05, 3.63) is 59.9 Å². The van der Waals surface area contributed by atoms with E-state index in [1.807, 2.05) is 19.0 Å². The molecule has 28 heavy (non-hydrogen) atoms. The fraction of sp³-hybridized carbons (Fsp3) is 0.350. The normalized spacial score (nSPS) is 11.1. The van der Waals surface area contributed by atoms with Gasteiger partial charge >= 0.3 is 0 Å². The third kappa shape index (κ3) is 5.50. The minimum absolute atomic E-state index is 0.0241. The van der Waals surface area contributed by atoms with Crippen LogP contribution in [0.2, 0.25) is 0 Å². The molecule has 0 unspecified atom stereocenters. The summed E-state index contributed by atoms with van der Waals surface area (Å²) >= 11 is 0. The largest absolute Gasteiger partial charge is 0.461 e. The van der Waals surface area contributed by atoms with Crippen LogP contribution in [-0.2, 0) is 17.8 Å². The molecule has 0 saturated carbocycles.